The normalized spacial score (nSPS) is 9.56. The molecule has 0 aliphatic rings. The third-order valence-corrected chi connectivity index (χ3v) is 2.14. The molecule has 0 aromatic heterocycles. The summed E-state index contributed by atoms with van der Waals surface area (Å²) in [5.74, 6) is 2.24. The Hall–Kier alpha value is -1.93. The van der Waals surface area contributed by atoms with E-state index in [4.69, 9.17) is 5.11 Å². The van der Waals surface area contributed by atoms with E-state index in [2.05, 4.69) is 16.6 Å². The molecule has 1 aromatic rings. The van der Waals surface area contributed by atoms with Crippen molar-refractivity contribution in [3.8, 4) is 11.8 Å². The predicted octanol–water partition coefficient (Wildman–Crippen LogP) is 1.88. The van der Waals surface area contributed by atoms with Crippen LogP contribution in [0.2, 0.25) is 0 Å². The van der Waals surface area contributed by atoms with E-state index in [0.717, 1.165) is 19.2 Å². The molecule has 0 saturated carbocycles. The van der Waals surface area contributed by atoms with Crippen molar-refractivity contribution >= 4 is 5.97 Å². The van der Waals surface area contributed by atoms with Crippen LogP contribution in [-0.2, 0) is 4.74 Å². The van der Waals surface area contributed by atoms with E-state index >= 15 is 0 Å². The monoisotopic (exact) mass is 254 g/mol. The highest BCUT2D eigenvalue weighted by atomic mass is 19.1. The molecule has 96 valence electrons. The van der Waals surface area contributed by atoms with Gasteiger partial charge in [-0.2, -0.15) is 0 Å². The van der Waals surface area contributed by atoms with E-state index in [9.17, 15) is 13.6 Å². The van der Waals surface area contributed by atoms with Crippen LogP contribution in [0.15, 0.2) is 12.1 Å². The van der Waals surface area contributed by atoms with E-state index in [0.29, 0.717) is 12.8 Å². The number of rotatable bonds is 3. The Bertz CT molecular complexity index is 478. The number of carbonyl (C=O) groups excluding carboxylic acids is 1. The molecule has 1 rings (SSSR count). The van der Waals surface area contributed by atoms with E-state index in [-0.39, 0.29) is 17.7 Å². The van der Waals surface area contributed by atoms with Gasteiger partial charge < -0.3 is 9.84 Å². The largest absolute Gasteiger partial charge is 0.465 e. The molecule has 0 heterocycles. The van der Waals surface area contributed by atoms with Gasteiger partial charge in [0.1, 0.15) is 11.6 Å². The van der Waals surface area contributed by atoms with Crippen molar-refractivity contribution in [2.24, 2.45) is 0 Å². The predicted molar refractivity (Wildman–Crippen MR) is 60.9 cm³/mol. The number of aliphatic hydroxyl groups is 1. The van der Waals surface area contributed by atoms with Gasteiger partial charge in [-0.25, -0.2) is 13.6 Å². The number of hydrogen-bond donors (Lipinski definition) is 1. The number of aliphatic hydroxyl groups excluding tert-OH is 1. The van der Waals surface area contributed by atoms with Gasteiger partial charge in [0.25, 0.3) is 0 Å². The average molecular weight is 254 g/mol. The average Bonchev–Trinajstić information content (AvgIpc) is 2.35. The highest BCUT2D eigenvalue weighted by Crippen LogP contribution is 2.15. The van der Waals surface area contributed by atoms with Crippen LogP contribution in [-0.4, -0.2) is 24.8 Å². The fraction of sp³-hybridized carbons (Fsp3) is 0.308. The van der Waals surface area contributed by atoms with Gasteiger partial charge >= 0.3 is 5.97 Å². The fourth-order valence-electron chi connectivity index (χ4n) is 1.25. The molecule has 0 unspecified atom stereocenters. The number of methoxy groups -OCH3 is 1. The summed E-state index contributed by atoms with van der Waals surface area (Å²) in [5.41, 5.74) is -0.589. The second-order valence-electron chi connectivity index (χ2n) is 3.44. The van der Waals surface area contributed by atoms with Crippen molar-refractivity contribution in [3.05, 3.63) is 34.9 Å². The zero-order valence-corrected chi connectivity index (χ0v) is 9.80. The van der Waals surface area contributed by atoms with Crippen LogP contribution in [0.1, 0.15) is 28.8 Å². The minimum atomic E-state index is -0.910. The summed E-state index contributed by atoms with van der Waals surface area (Å²) in [7, 11) is 1.13. The van der Waals surface area contributed by atoms with Crippen LogP contribution in [0, 0.1) is 23.5 Å². The van der Waals surface area contributed by atoms with E-state index in [1.165, 1.54) is 0 Å². The van der Waals surface area contributed by atoms with E-state index in [1.807, 2.05) is 0 Å². The first kappa shape index (κ1) is 14.1. The molecular weight excluding hydrogens is 242 g/mol. The third-order valence-electron chi connectivity index (χ3n) is 2.14. The molecule has 3 nitrogen and oxygen atoms in total. The first-order valence-corrected chi connectivity index (χ1v) is 5.27. The van der Waals surface area contributed by atoms with Crippen LogP contribution in [0.25, 0.3) is 0 Å². The molecule has 0 amide bonds. The molecule has 0 spiro atoms. The highest BCUT2D eigenvalue weighted by Gasteiger charge is 2.14. The Morgan fingerprint density at radius 2 is 2.00 bits per heavy atom. The number of hydrogen-bond acceptors (Lipinski definition) is 3. The van der Waals surface area contributed by atoms with Crippen molar-refractivity contribution in [1.29, 1.82) is 0 Å². The summed E-state index contributed by atoms with van der Waals surface area (Å²) in [5, 5.41) is 8.53. The lowest BCUT2D eigenvalue weighted by Gasteiger charge is -2.02. The maximum absolute atomic E-state index is 13.5. The maximum Gasteiger partial charge on any atom is 0.338 e. The molecule has 5 heteroatoms. The topological polar surface area (TPSA) is 46.5 Å². The number of benzene rings is 1. The Morgan fingerprint density at radius 1 is 1.39 bits per heavy atom. The van der Waals surface area contributed by atoms with Crippen LogP contribution in [0.3, 0.4) is 0 Å². The van der Waals surface area contributed by atoms with Gasteiger partial charge in [0.15, 0.2) is 0 Å². The van der Waals surface area contributed by atoms with Crippen LogP contribution in [0.4, 0.5) is 8.78 Å². The molecule has 0 bridgehead atoms. The number of halogens is 2. The van der Waals surface area contributed by atoms with E-state index in [1.54, 1.807) is 0 Å². The zero-order chi connectivity index (χ0) is 13.5. The zero-order valence-electron chi connectivity index (χ0n) is 9.80. The SMILES string of the molecule is COC(=O)c1cc(F)c(C#CCCCO)c(F)c1. The molecule has 1 aromatic carbocycles. The summed E-state index contributed by atoms with van der Waals surface area (Å²) in [6, 6.07) is 1.76. The first-order chi connectivity index (χ1) is 8.60. The lowest BCUT2D eigenvalue weighted by molar-refractivity contribution is 0.0599. The van der Waals surface area contributed by atoms with Gasteiger partial charge in [-0.05, 0) is 18.6 Å². The van der Waals surface area contributed by atoms with Gasteiger partial charge in [-0.3, -0.25) is 0 Å². The van der Waals surface area contributed by atoms with Gasteiger partial charge in [0.05, 0.1) is 18.2 Å². The maximum atomic E-state index is 13.5. The lowest BCUT2D eigenvalue weighted by atomic mass is 10.1. The molecule has 18 heavy (non-hydrogen) atoms. The summed E-state index contributed by atoms with van der Waals surface area (Å²) < 4.78 is 31.4. The fourth-order valence-corrected chi connectivity index (χ4v) is 1.25. The van der Waals surface area contributed by atoms with Crippen molar-refractivity contribution in [2.45, 2.75) is 12.8 Å². The number of esters is 1. The summed E-state index contributed by atoms with van der Waals surface area (Å²) in [4.78, 5) is 11.1. The molecule has 0 saturated heterocycles. The van der Waals surface area contributed by atoms with Gasteiger partial charge in [-0.15, -0.1) is 0 Å². The lowest BCUT2D eigenvalue weighted by Crippen LogP contribution is -2.04. The number of unbranched alkanes of at least 4 members (excludes halogenated alkanes) is 1. The summed E-state index contributed by atoms with van der Waals surface area (Å²) in [6.07, 6.45) is 0.782. The highest BCUT2D eigenvalue weighted by molar-refractivity contribution is 5.89. The standard InChI is InChI=1S/C13H12F2O3/c1-18-13(17)9-7-11(14)10(12(15)8-9)5-3-2-4-6-16/h7-8,16H,2,4,6H2,1H3. The van der Waals surface area contributed by atoms with Crippen LogP contribution in [0.5, 0.6) is 0 Å². The minimum absolute atomic E-state index is 0.0269. The smallest absolute Gasteiger partial charge is 0.338 e. The number of ether oxygens (including phenoxy) is 1. The van der Waals surface area contributed by atoms with Gasteiger partial charge in [0, 0.05) is 13.0 Å². The third kappa shape index (κ3) is 3.54. The van der Waals surface area contributed by atoms with Crippen LogP contribution < -0.4 is 0 Å². The van der Waals surface area contributed by atoms with Gasteiger partial charge in [0.2, 0.25) is 0 Å². The number of carbonyl (C=O) groups is 1. The quantitative estimate of drug-likeness (QED) is 0.509. The van der Waals surface area contributed by atoms with Crippen molar-refractivity contribution in [1.82, 2.24) is 0 Å². The molecule has 0 aliphatic heterocycles. The molecular formula is C13H12F2O3. The molecule has 0 atom stereocenters. The molecule has 1 N–H and O–H groups in total. The molecule has 0 radical (unpaired) electrons. The summed E-state index contributed by atoms with van der Waals surface area (Å²) >= 11 is 0. The summed E-state index contributed by atoms with van der Waals surface area (Å²) in [6.45, 7) is -0.0269. The second kappa shape index (κ2) is 6.72. The second-order valence-corrected chi connectivity index (χ2v) is 3.44. The van der Waals surface area contributed by atoms with Crippen LogP contribution >= 0.6 is 0 Å². The van der Waals surface area contributed by atoms with E-state index < -0.39 is 17.6 Å². The first-order valence-electron chi connectivity index (χ1n) is 5.27. The van der Waals surface area contributed by atoms with Crippen molar-refractivity contribution in [2.75, 3.05) is 13.7 Å². The minimum Gasteiger partial charge on any atom is -0.465 e. The Labute approximate surface area is 103 Å². The molecule has 0 aliphatic carbocycles. The van der Waals surface area contributed by atoms with Crippen molar-refractivity contribution < 1.29 is 23.4 Å². The van der Waals surface area contributed by atoms with Gasteiger partial charge in [-0.1, -0.05) is 11.8 Å². The Morgan fingerprint density at radius 3 is 2.50 bits per heavy atom. The molecule has 0 fully saturated rings. The Balaban J connectivity index is 3.00. The Kier molecular flexibility index (Phi) is 5.28. The van der Waals surface area contributed by atoms with Crippen molar-refractivity contribution in [3.63, 3.8) is 0 Å².